The molecule has 0 aliphatic carbocycles. The molecule has 1 saturated heterocycles. The van der Waals surface area contributed by atoms with E-state index in [4.69, 9.17) is 4.74 Å². The van der Waals surface area contributed by atoms with Gasteiger partial charge in [0, 0.05) is 17.6 Å². The van der Waals surface area contributed by atoms with E-state index in [2.05, 4.69) is 20.8 Å². The Labute approximate surface area is 122 Å². The number of hydrogen-bond acceptors (Lipinski definition) is 4. The molecule has 0 radical (unpaired) electrons. The highest BCUT2D eigenvalue weighted by atomic mass is 79.9. The third kappa shape index (κ3) is 4.19. The zero-order chi connectivity index (χ0) is 13.9. The largest absolute Gasteiger partial charge is 0.497 e. The maximum absolute atomic E-state index is 11.6. The molecule has 0 aromatic heterocycles. The van der Waals surface area contributed by atoms with Gasteiger partial charge in [0.05, 0.1) is 18.6 Å². The Morgan fingerprint density at radius 2 is 2.11 bits per heavy atom. The first-order chi connectivity index (χ1) is 9.00. The van der Waals surface area contributed by atoms with Crippen LogP contribution < -0.4 is 4.74 Å². The van der Waals surface area contributed by atoms with Crippen LogP contribution in [0, 0.1) is 0 Å². The van der Waals surface area contributed by atoms with Crippen LogP contribution in [0.25, 0.3) is 0 Å². The number of rotatable bonds is 3. The molecule has 1 heterocycles. The maximum Gasteiger partial charge on any atom is 0.151 e. The van der Waals surface area contributed by atoms with E-state index in [9.17, 15) is 8.42 Å². The van der Waals surface area contributed by atoms with Crippen molar-refractivity contribution in [2.24, 2.45) is 0 Å². The summed E-state index contributed by atoms with van der Waals surface area (Å²) in [4.78, 5) is 2.18. The van der Waals surface area contributed by atoms with Crippen LogP contribution in [0.5, 0.6) is 5.75 Å². The van der Waals surface area contributed by atoms with E-state index in [1.165, 1.54) is 0 Å². The molecule has 2 rings (SSSR count). The first-order valence-electron chi connectivity index (χ1n) is 6.25. The van der Waals surface area contributed by atoms with E-state index < -0.39 is 9.84 Å². The monoisotopic (exact) mass is 347 g/mol. The Balaban J connectivity index is 2.08. The smallest absolute Gasteiger partial charge is 0.151 e. The average molecular weight is 348 g/mol. The zero-order valence-electron chi connectivity index (χ0n) is 10.9. The van der Waals surface area contributed by atoms with E-state index in [0.717, 1.165) is 28.9 Å². The van der Waals surface area contributed by atoms with Crippen molar-refractivity contribution in [3.05, 3.63) is 28.2 Å². The minimum Gasteiger partial charge on any atom is -0.497 e. The van der Waals surface area contributed by atoms with Crippen molar-refractivity contribution in [1.29, 1.82) is 0 Å². The van der Waals surface area contributed by atoms with Gasteiger partial charge in [0.25, 0.3) is 0 Å². The lowest BCUT2D eigenvalue weighted by Crippen LogP contribution is -2.26. The number of methoxy groups -OCH3 is 1. The van der Waals surface area contributed by atoms with Crippen molar-refractivity contribution in [1.82, 2.24) is 4.90 Å². The molecule has 1 fully saturated rings. The van der Waals surface area contributed by atoms with Gasteiger partial charge >= 0.3 is 0 Å². The summed E-state index contributed by atoms with van der Waals surface area (Å²) in [6.07, 6.45) is 0.712. The lowest BCUT2D eigenvalue weighted by molar-refractivity contribution is 0.286. The van der Waals surface area contributed by atoms with Crippen LogP contribution in [0.2, 0.25) is 0 Å². The van der Waals surface area contributed by atoms with Gasteiger partial charge in [-0.1, -0.05) is 15.9 Å². The van der Waals surface area contributed by atoms with Gasteiger partial charge in [0.1, 0.15) is 5.75 Å². The van der Waals surface area contributed by atoms with Gasteiger partial charge in [-0.3, -0.25) is 4.90 Å². The van der Waals surface area contributed by atoms with Crippen LogP contribution in [-0.2, 0) is 16.4 Å². The minimum absolute atomic E-state index is 0.259. The molecule has 1 aliphatic heterocycles. The number of ether oxygens (including phenoxy) is 1. The summed E-state index contributed by atoms with van der Waals surface area (Å²) in [5, 5.41) is 0. The van der Waals surface area contributed by atoms with E-state index >= 15 is 0 Å². The number of benzene rings is 1. The number of halogens is 1. The quantitative estimate of drug-likeness (QED) is 0.839. The first-order valence-corrected chi connectivity index (χ1v) is 8.87. The van der Waals surface area contributed by atoms with Crippen LogP contribution >= 0.6 is 15.9 Å². The molecule has 0 N–H and O–H groups in total. The SMILES string of the molecule is COc1ccc(Br)c(CN2CCCS(=O)(=O)CC2)c1. The highest BCUT2D eigenvalue weighted by molar-refractivity contribution is 9.10. The second-order valence-corrected chi connectivity index (χ2v) is 7.90. The van der Waals surface area contributed by atoms with Crippen molar-refractivity contribution in [2.75, 3.05) is 31.7 Å². The summed E-state index contributed by atoms with van der Waals surface area (Å²) >= 11 is 3.53. The molecule has 106 valence electrons. The molecule has 4 nitrogen and oxygen atoms in total. The Kier molecular flexibility index (Phi) is 4.86. The third-order valence-corrected chi connectivity index (χ3v) is 5.78. The third-order valence-electron chi connectivity index (χ3n) is 3.30. The number of hydrogen-bond donors (Lipinski definition) is 0. The van der Waals surface area contributed by atoms with E-state index in [0.29, 0.717) is 18.7 Å². The standard InChI is InChI=1S/C13H18BrNO3S/c1-18-12-3-4-13(14)11(9-12)10-15-5-2-7-19(16,17)8-6-15/h3-4,9H,2,5-8,10H2,1H3. The Hall–Kier alpha value is -0.590. The molecule has 1 aliphatic rings. The van der Waals surface area contributed by atoms with Gasteiger partial charge in [0.15, 0.2) is 9.84 Å². The Morgan fingerprint density at radius 3 is 2.84 bits per heavy atom. The summed E-state index contributed by atoms with van der Waals surface area (Å²) in [6.45, 7) is 2.17. The van der Waals surface area contributed by atoms with E-state index in [-0.39, 0.29) is 5.75 Å². The molecular weight excluding hydrogens is 330 g/mol. The molecule has 6 heteroatoms. The van der Waals surface area contributed by atoms with Gasteiger partial charge in [-0.25, -0.2) is 8.42 Å². The summed E-state index contributed by atoms with van der Waals surface area (Å²) < 4.78 is 29.4. The second kappa shape index (κ2) is 6.24. The molecule has 1 aromatic carbocycles. The lowest BCUT2D eigenvalue weighted by Gasteiger charge is -2.20. The van der Waals surface area contributed by atoms with Gasteiger partial charge < -0.3 is 4.74 Å². The van der Waals surface area contributed by atoms with Crippen molar-refractivity contribution >= 4 is 25.8 Å². The van der Waals surface area contributed by atoms with E-state index in [1.807, 2.05) is 18.2 Å². The number of nitrogens with zero attached hydrogens (tertiary/aromatic N) is 1. The zero-order valence-corrected chi connectivity index (χ0v) is 13.3. The van der Waals surface area contributed by atoms with Crippen molar-refractivity contribution in [3.63, 3.8) is 0 Å². The van der Waals surface area contributed by atoms with Crippen LogP contribution in [0.15, 0.2) is 22.7 Å². The van der Waals surface area contributed by atoms with Crippen molar-refractivity contribution < 1.29 is 13.2 Å². The highest BCUT2D eigenvalue weighted by Gasteiger charge is 2.19. The van der Waals surface area contributed by atoms with Gasteiger partial charge in [0.2, 0.25) is 0 Å². The van der Waals surface area contributed by atoms with Crippen LogP contribution in [0.1, 0.15) is 12.0 Å². The average Bonchev–Trinajstić information content (AvgIpc) is 2.54. The Morgan fingerprint density at radius 1 is 1.32 bits per heavy atom. The summed E-state index contributed by atoms with van der Waals surface area (Å²) in [5.74, 6) is 1.39. The predicted octanol–water partition coefficient (Wildman–Crippen LogP) is 2.08. The molecule has 1 aromatic rings. The maximum atomic E-state index is 11.6. The normalized spacial score (nSPS) is 19.9. The summed E-state index contributed by atoms with van der Waals surface area (Å²) in [6, 6.07) is 5.85. The van der Waals surface area contributed by atoms with Crippen LogP contribution in [0.4, 0.5) is 0 Å². The number of sulfone groups is 1. The Bertz CT molecular complexity index is 545. The fourth-order valence-electron chi connectivity index (χ4n) is 2.19. The lowest BCUT2D eigenvalue weighted by atomic mass is 10.2. The highest BCUT2D eigenvalue weighted by Crippen LogP contribution is 2.24. The molecule has 0 bridgehead atoms. The molecule has 0 saturated carbocycles. The fraction of sp³-hybridized carbons (Fsp3) is 0.538. The van der Waals surface area contributed by atoms with Crippen LogP contribution in [0.3, 0.4) is 0 Å². The van der Waals surface area contributed by atoms with Gasteiger partial charge in [-0.15, -0.1) is 0 Å². The van der Waals surface area contributed by atoms with E-state index in [1.54, 1.807) is 7.11 Å². The topological polar surface area (TPSA) is 46.6 Å². The summed E-state index contributed by atoms with van der Waals surface area (Å²) in [5.41, 5.74) is 1.12. The molecule has 0 spiro atoms. The first kappa shape index (κ1) is 14.8. The minimum atomic E-state index is -2.85. The second-order valence-electron chi connectivity index (χ2n) is 4.74. The van der Waals surface area contributed by atoms with Crippen molar-refractivity contribution in [2.45, 2.75) is 13.0 Å². The fourth-order valence-corrected chi connectivity index (χ4v) is 3.87. The molecule has 0 atom stereocenters. The molecule has 19 heavy (non-hydrogen) atoms. The van der Waals surface area contributed by atoms with Crippen molar-refractivity contribution in [3.8, 4) is 5.75 Å². The summed E-state index contributed by atoms with van der Waals surface area (Å²) in [7, 11) is -1.20. The van der Waals surface area contributed by atoms with Gasteiger partial charge in [-0.2, -0.15) is 0 Å². The molecule has 0 amide bonds. The predicted molar refractivity (Wildman–Crippen MR) is 79.2 cm³/mol. The van der Waals surface area contributed by atoms with Gasteiger partial charge in [-0.05, 0) is 36.7 Å². The van der Waals surface area contributed by atoms with Crippen LogP contribution in [-0.4, -0.2) is 45.0 Å². The molecular formula is C13H18BrNO3S. The molecule has 0 unspecified atom stereocenters.